The molecule has 0 aromatic heterocycles. The largest absolute Gasteiger partial charge is 0.353 e. The van der Waals surface area contributed by atoms with Gasteiger partial charge in [0.2, 0.25) is 5.91 Å². The molecular formula is C17H26N2O. The van der Waals surface area contributed by atoms with Crippen molar-refractivity contribution in [2.75, 3.05) is 13.1 Å². The Hall–Kier alpha value is -1.35. The molecule has 20 heavy (non-hydrogen) atoms. The third-order valence-corrected chi connectivity index (χ3v) is 4.13. The van der Waals surface area contributed by atoms with Crippen LogP contribution in [0.4, 0.5) is 0 Å². The topological polar surface area (TPSA) is 32.3 Å². The number of nitrogens with one attached hydrogen (secondary N) is 1. The lowest BCUT2D eigenvalue weighted by Gasteiger charge is -2.32. The van der Waals surface area contributed by atoms with Crippen molar-refractivity contribution in [3.63, 3.8) is 0 Å². The van der Waals surface area contributed by atoms with Crippen LogP contribution in [0, 0.1) is 5.92 Å². The first kappa shape index (κ1) is 15.0. The van der Waals surface area contributed by atoms with Crippen LogP contribution in [0.3, 0.4) is 0 Å². The van der Waals surface area contributed by atoms with E-state index in [9.17, 15) is 4.79 Å². The summed E-state index contributed by atoms with van der Waals surface area (Å²) in [4.78, 5) is 14.6. The molecule has 2 atom stereocenters. The van der Waals surface area contributed by atoms with E-state index < -0.39 is 0 Å². The van der Waals surface area contributed by atoms with Crippen LogP contribution in [-0.2, 0) is 11.3 Å². The van der Waals surface area contributed by atoms with Crippen LogP contribution >= 0.6 is 0 Å². The Labute approximate surface area is 122 Å². The number of hydrogen-bond donors (Lipinski definition) is 1. The van der Waals surface area contributed by atoms with Crippen molar-refractivity contribution in [2.24, 2.45) is 5.92 Å². The zero-order valence-electron chi connectivity index (χ0n) is 12.6. The van der Waals surface area contributed by atoms with Crippen molar-refractivity contribution < 1.29 is 4.79 Å². The van der Waals surface area contributed by atoms with Gasteiger partial charge in [-0.3, -0.25) is 9.69 Å². The molecule has 1 heterocycles. The Bertz CT molecular complexity index is 418. The van der Waals surface area contributed by atoms with E-state index in [1.165, 1.54) is 5.56 Å². The predicted octanol–water partition coefficient (Wildman–Crippen LogP) is 2.81. The molecular weight excluding hydrogens is 248 g/mol. The number of benzene rings is 1. The number of amides is 1. The number of carbonyl (C=O) groups excluding carboxylic acids is 1. The smallest absolute Gasteiger partial charge is 0.224 e. The van der Waals surface area contributed by atoms with Gasteiger partial charge in [0.15, 0.2) is 0 Å². The molecule has 1 N–H and O–H groups in total. The molecule has 0 spiro atoms. The average Bonchev–Trinajstić information content (AvgIpc) is 2.48. The minimum absolute atomic E-state index is 0.154. The lowest BCUT2D eigenvalue weighted by Crippen LogP contribution is -2.44. The van der Waals surface area contributed by atoms with Gasteiger partial charge in [0, 0.05) is 19.1 Å². The minimum Gasteiger partial charge on any atom is -0.353 e. The van der Waals surface area contributed by atoms with E-state index in [2.05, 4.69) is 48.3 Å². The first-order valence-electron chi connectivity index (χ1n) is 7.75. The monoisotopic (exact) mass is 274 g/mol. The second kappa shape index (κ2) is 7.44. The highest BCUT2D eigenvalue weighted by Gasteiger charge is 2.26. The Morgan fingerprint density at radius 1 is 1.40 bits per heavy atom. The van der Waals surface area contributed by atoms with Crippen molar-refractivity contribution in [1.82, 2.24) is 10.2 Å². The summed E-state index contributed by atoms with van der Waals surface area (Å²) in [6.45, 7) is 7.11. The predicted molar refractivity (Wildman–Crippen MR) is 82.3 cm³/mol. The first-order valence-corrected chi connectivity index (χ1v) is 7.75. The molecule has 3 heteroatoms. The highest BCUT2D eigenvalue weighted by Crippen LogP contribution is 2.19. The molecule has 1 saturated heterocycles. The summed E-state index contributed by atoms with van der Waals surface area (Å²) in [6, 6.07) is 10.8. The molecule has 110 valence electrons. The number of rotatable bonds is 5. The summed E-state index contributed by atoms with van der Waals surface area (Å²) >= 11 is 0. The van der Waals surface area contributed by atoms with Crippen molar-refractivity contribution in [3.05, 3.63) is 35.9 Å². The number of nitrogens with zero attached hydrogens (tertiary/aromatic N) is 1. The van der Waals surface area contributed by atoms with Gasteiger partial charge in [-0.2, -0.15) is 0 Å². The van der Waals surface area contributed by atoms with Gasteiger partial charge in [-0.05, 0) is 38.3 Å². The molecule has 0 radical (unpaired) electrons. The van der Waals surface area contributed by atoms with Gasteiger partial charge in [0.05, 0.1) is 5.92 Å². The molecule has 0 bridgehead atoms. The van der Waals surface area contributed by atoms with E-state index in [1.54, 1.807) is 0 Å². The maximum Gasteiger partial charge on any atom is 0.224 e. The molecule has 1 aromatic carbocycles. The zero-order valence-corrected chi connectivity index (χ0v) is 12.6. The summed E-state index contributed by atoms with van der Waals surface area (Å²) in [7, 11) is 0. The van der Waals surface area contributed by atoms with Gasteiger partial charge in [-0.1, -0.05) is 37.3 Å². The summed E-state index contributed by atoms with van der Waals surface area (Å²) < 4.78 is 0. The lowest BCUT2D eigenvalue weighted by atomic mass is 9.96. The van der Waals surface area contributed by atoms with Crippen molar-refractivity contribution in [3.8, 4) is 0 Å². The highest BCUT2D eigenvalue weighted by atomic mass is 16.2. The molecule has 1 amide bonds. The second-order valence-corrected chi connectivity index (χ2v) is 5.88. The van der Waals surface area contributed by atoms with Crippen LogP contribution in [0.5, 0.6) is 0 Å². The van der Waals surface area contributed by atoms with Gasteiger partial charge in [0.25, 0.3) is 0 Å². The van der Waals surface area contributed by atoms with E-state index in [0.717, 1.165) is 38.9 Å². The molecule has 1 aliphatic rings. The molecule has 1 fully saturated rings. The lowest BCUT2D eigenvalue weighted by molar-refractivity contribution is -0.127. The van der Waals surface area contributed by atoms with Crippen LogP contribution in [0.2, 0.25) is 0 Å². The van der Waals surface area contributed by atoms with Crippen molar-refractivity contribution >= 4 is 5.91 Å². The maximum absolute atomic E-state index is 12.2. The summed E-state index contributed by atoms with van der Waals surface area (Å²) in [5.41, 5.74) is 1.33. The summed E-state index contributed by atoms with van der Waals surface area (Å²) in [6.07, 6.45) is 3.13. The fraction of sp³-hybridized carbons (Fsp3) is 0.588. The Balaban J connectivity index is 1.87. The third kappa shape index (κ3) is 4.34. The average molecular weight is 274 g/mol. The summed E-state index contributed by atoms with van der Waals surface area (Å²) in [5.74, 6) is 0.388. The zero-order chi connectivity index (χ0) is 14.4. The highest BCUT2D eigenvalue weighted by molar-refractivity contribution is 5.79. The standard InChI is InChI=1S/C17H26N2O/c1-3-14(2)18-17(20)16-10-7-11-19(13-16)12-15-8-5-4-6-9-15/h4-6,8-9,14,16H,3,7,10-13H2,1-2H3,(H,18,20)/t14-,16+/m1/s1. The number of hydrogen-bond acceptors (Lipinski definition) is 2. The van der Waals surface area contributed by atoms with Crippen LogP contribution in [-0.4, -0.2) is 29.9 Å². The number of piperidine rings is 1. The van der Waals surface area contributed by atoms with Gasteiger partial charge in [-0.15, -0.1) is 0 Å². The molecule has 2 rings (SSSR count). The van der Waals surface area contributed by atoms with E-state index >= 15 is 0 Å². The fourth-order valence-corrected chi connectivity index (χ4v) is 2.72. The SMILES string of the molecule is CC[C@@H](C)NC(=O)[C@H]1CCCN(Cc2ccccc2)C1. The second-order valence-electron chi connectivity index (χ2n) is 5.88. The van der Waals surface area contributed by atoms with Gasteiger partial charge in [0.1, 0.15) is 0 Å². The van der Waals surface area contributed by atoms with Crippen LogP contribution in [0.1, 0.15) is 38.7 Å². The Morgan fingerprint density at radius 3 is 2.85 bits per heavy atom. The van der Waals surface area contributed by atoms with Crippen molar-refractivity contribution in [2.45, 2.75) is 45.7 Å². The van der Waals surface area contributed by atoms with Crippen LogP contribution in [0.15, 0.2) is 30.3 Å². The number of carbonyl (C=O) groups is 1. The molecule has 0 aliphatic carbocycles. The van der Waals surface area contributed by atoms with Crippen LogP contribution < -0.4 is 5.32 Å². The third-order valence-electron chi connectivity index (χ3n) is 4.13. The van der Waals surface area contributed by atoms with E-state index in [0.29, 0.717) is 0 Å². The quantitative estimate of drug-likeness (QED) is 0.895. The van der Waals surface area contributed by atoms with Crippen molar-refractivity contribution in [1.29, 1.82) is 0 Å². The van der Waals surface area contributed by atoms with E-state index in [-0.39, 0.29) is 17.9 Å². The van der Waals surface area contributed by atoms with Crippen LogP contribution in [0.25, 0.3) is 0 Å². The molecule has 1 aliphatic heterocycles. The number of likely N-dealkylation sites (tertiary alicyclic amines) is 1. The molecule has 3 nitrogen and oxygen atoms in total. The van der Waals surface area contributed by atoms with Gasteiger partial charge < -0.3 is 5.32 Å². The van der Waals surface area contributed by atoms with Gasteiger partial charge in [-0.25, -0.2) is 0 Å². The minimum atomic E-state index is 0.154. The Kier molecular flexibility index (Phi) is 5.60. The maximum atomic E-state index is 12.2. The molecule has 1 aromatic rings. The fourth-order valence-electron chi connectivity index (χ4n) is 2.72. The van der Waals surface area contributed by atoms with Gasteiger partial charge >= 0.3 is 0 Å². The first-order chi connectivity index (χ1) is 9.69. The van der Waals surface area contributed by atoms with E-state index in [1.807, 2.05) is 6.07 Å². The normalized spacial score (nSPS) is 21.4. The Morgan fingerprint density at radius 2 is 2.15 bits per heavy atom. The molecule has 0 unspecified atom stereocenters. The summed E-state index contributed by atoms with van der Waals surface area (Å²) in [5, 5.41) is 3.12. The van der Waals surface area contributed by atoms with E-state index in [4.69, 9.17) is 0 Å². The molecule has 0 saturated carbocycles.